The van der Waals surface area contributed by atoms with Gasteiger partial charge in [0.15, 0.2) is 5.83 Å². The van der Waals surface area contributed by atoms with Crippen LogP contribution < -0.4 is 14.5 Å². The average Bonchev–Trinajstić information content (AvgIpc) is 3.35. The van der Waals surface area contributed by atoms with Gasteiger partial charge in [-0.25, -0.2) is 4.39 Å². The third kappa shape index (κ3) is 5.52. The number of fused-ring (bicyclic) bond motifs is 2. The minimum atomic E-state index is -1.03. The molecule has 0 spiro atoms. The molecule has 11 heteroatoms. The maximum atomic E-state index is 13.8. The first-order chi connectivity index (χ1) is 21.2. The molecule has 3 aromatic rings. The number of halogens is 1. The molecule has 0 N–H and O–H groups in total. The van der Waals surface area contributed by atoms with Crippen LogP contribution in [0, 0.1) is 18.3 Å². The maximum absolute atomic E-state index is 13.8. The van der Waals surface area contributed by atoms with Crippen LogP contribution in [0.5, 0.6) is 6.01 Å². The molecule has 228 valence electrons. The van der Waals surface area contributed by atoms with E-state index in [0.717, 1.165) is 23.5 Å². The third-order valence-corrected chi connectivity index (χ3v) is 9.09. The number of likely N-dealkylation sites (N-methyl/N-ethyl adjacent to an activating group) is 1. The molecule has 0 aliphatic carbocycles. The summed E-state index contributed by atoms with van der Waals surface area (Å²) in [5.74, 6) is -1.01. The fraction of sp³-hybridized carbons (Fsp3) is 0.424. The lowest BCUT2D eigenvalue weighted by molar-refractivity contribution is -0.131. The standard InChI is InChI=1S/C33H36FN7O3/c1-21-6-4-7-23-8-5-9-28(30(21)23)39-15-13-26-27(19-39)36-33(44-20-25-10-11-29(42)38(25)3)37-31(26)40-16-17-41(32(43)22(2)34)24(18-40)12-14-35/h4-9,24-25H,2,10-13,15-20H2,1,3H3/t24-,25-/m0/s1. The normalized spacial score (nSPS) is 20.1. The van der Waals surface area contributed by atoms with Crippen molar-refractivity contribution in [3.8, 4) is 12.1 Å². The summed E-state index contributed by atoms with van der Waals surface area (Å²) in [6.07, 6.45) is 1.96. The number of piperazine rings is 1. The van der Waals surface area contributed by atoms with Crippen molar-refractivity contribution >= 4 is 34.1 Å². The van der Waals surface area contributed by atoms with E-state index in [1.54, 1.807) is 11.9 Å². The minimum Gasteiger partial charge on any atom is -0.461 e. The molecule has 2 saturated heterocycles. The second-order valence-corrected chi connectivity index (χ2v) is 11.8. The van der Waals surface area contributed by atoms with Gasteiger partial charge in [0.1, 0.15) is 12.4 Å². The Morgan fingerprint density at radius 3 is 2.64 bits per heavy atom. The van der Waals surface area contributed by atoms with Gasteiger partial charge < -0.3 is 24.3 Å². The number of aryl methyl sites for hydroxylation is 1. The first kappa shape index (κ1) is 29.4. The van der Waals surface area contributed by atoms with Crippen molar-refractivity contribution in [3.63, 3.8) is 0 Å². The molecule has 3 aliphatic rings. The number of carbonyl (C=O) groups excluding carboxylic acids is 2. The van der Waals surface area contributed by atoms with Crippen molar-refractivity contribution in [3.05, 3.63) is 65.6 Å². The number of aromatic nitrogens is 2. The SMILES string of the molecule is C=C(F)C(=O)N1CCN(c2nc(OC[C@@H]3CCC(=O)N3C)nc3c2CCN(c2cccc4cccc(C)c24)C3)C[C@@H]1CC#N. The highest BCUT2D eigenvalue weighted by molar-refractivity contribution is 5.97. The number of anilines is 2. The van der Waals surface area contributed by atoms with Gasteiger partial charge in [-0.05, 0) is 36.8 Å². The molecule has 3 aliphatic heterocycles. The van der Waals surface area contributed by atoms with E-state index in [0.29, 0.717) is 44.7 Å². The maximum Gasteiger partial charge on any atom is 0.318 e. The Labute approximate surface area is 256 Å². The number of nitriles is 1. The summed E-state index contributed by atoms with van der Waals surface area (Å²) in [5, 5.41) is 11.9. The number of carbonyl (C=O) groups is 2. The highest BCUT2D eigenvalue weighted by atomic mass is 19.1. The quantitative estimate of drug-likeness (QED) is 0.378. The van der Waals surface area contributed by atoms with Crippen molar-refractivity contribution in [2.24, 2.45) is 0 Å². The molecule has 10 nitrogen and oxygen atoms in total. The van der Waals surface area contributed by atoms with Crippen LogP contribution in [0.25, 0.3) is 10.8 Å². The van der Waals surface area contributed by atoms with Gasteiger partial charge in [0.05, 0.1) is 36.8 Å². The summed E-state index contributed by atoms with van der Waals surface area (Å²) in [4.78, 5) is 41.9. The molecule has 44 heavy (non-hydrogen) atoms. The molecular weight excluding hydrogens is 561 g/mol. The lowest BCUT2D eigenvalue weighted by atomic mass is 9.99. The van der Waals surface area contributed by atoms with E-state index >= 15 is 0 Å². The smallest absolute Gasteiger partial charge is 0.318 e. The zero-order chi connectivity index (χ0) is 31.0. The molecule has 2 atom stereocenters. The zero-order valence-electron chi connectivity index (χ0n) is 25.1. The van der Waals surface area contributed by atoms with E-state index in [2.05, 4.69) is 65.8 Å². The van der Waals surface area contributed by atoms with Gasteiger partial charge in [-0.15, -0.1) is 0 Å². The summed E-state index contributed by atoms with van der Waals surface area (Å²) in [7, 11) is 1.79. The number of amides is 2. The van der Waals surface area contributed by atoms with Crippen LogP contribution in [0.3, 0.4) is 0 Å². The number of nitrogens with zero attached hydrogens (tertiary/aromatic N) is 7. The van der Waals surface area contributed by atoms with Crippen LogP contribution in [0.4, 0.5) is 15.9 Å². The van der Waals surface area contributed by atoms with E-state index < -0.39 is 17.8 Å². The van der Waals surface area contributed by atoms with Crippen LogP contribution >= 0.6 is 0 Å². The molecule has 6 rings (SSSR count). The monoisotopic (exact) mass is 597 g/mol. The number of benzene rings is 2. The van der Waals surface area contributed by atoms with Gasteiger partial charge in [-0.2, -0.15) is 15.2 Å². The van der Waals surface area contributed by atoms with Gasteiger partial charge in [-0.1, -0.05) is 36.9 Å². The van der Waals surface area contributed by atoms with Crippen LogP contribution in [0.2, 0.25) is 0 Å². The van der Waals surface area contributed by atoms with Gasteiger partial charge >= 0.3 is 6.01 Å². The molecule has 2 amide bonds. The summed E-state index contributed by atoms with van der Waals surface area (Å²) in [6.45, 7) is 7.86. The highest BCUT2D eigenvalue weighted by Crippen LogP contribution is 2.36. The second kappa shape index (κ2) is 12.1. The Bertz CT molecular complexity index is 1670. The predicted molar refractivity (Wildman–Crippen MR) is 165 cm³/mol. The van der Waals surface area contributed by atoms with Crippen LogP contribution in [-0.2, 0) is 22.6 Å². The second-order valence-electron chi connectivity index (χ2n) is 11.8. The fourth-order valence-corrected chi connectivity index (χ4v) is 6.67. The molecule has 0 saturated carbocycles. The van der Waals surface area contributed by atoms with E-state index in [-0.39, 0.29) is 37.5 Å². The van der Waals surface area contributed by atoms with Gasteiger partial charge in [-0.3, -0.25) is 9.59 Å². The van der Waals surface area contributed by atoms with E-state index in [9.17, 15) is 19.2 Å². The van der Waals surface area contributed by atoms with Gasteiger partial charge in [0.2, 0.25) is 5.91 Å². The molecule has 4 heterocycles. The first-order valence-corrected chi connectivity index (χ1v) is 15.0. The van der Waals surface area contributed by atoms with Crippen molar-refractivity contribution in [1.29, 1.82) is 5.26 Å². The molecular formula is C33H36FN7O3. The van der Waals surface area contributed by atoms with Crippen molar-refractivity contribution in [1.82, 2.24) is 19.8 Å². The number of ether oxygens (including phenoxy) is 1. The van der Waals surface area contributed by atoms with E-state index in [1.807, 2.05) is 0 Å². The van der Waals surface area contributed by atoms with Gasteiger partial charge in [0.25, 0.3) is 5.91 Å². The zero-order valence-corrected chi connectivity index (χ0v) is 25.1. The number of hydrogen-bond acceptors (Lipinski definition) is 8. The molecule has 1 aromatic heterocycles. The highest BCUT2D eigenvalue weighted by Gasteiger charge is 2.35. The lowest BCUT2D eigenvalue weighted by Gasteiger charge is -2.42. The topological polar surface area (TPSA) is 106 Å². The Kier molecular flexibility index (Phi) is 8.08. The molecule has 2 fully saturated rings. The van der Waals surface area contributed by atoms with Crippen molar-refractivity contribution in [2.75, 3.05) is 49.6 Å². The van der Waals surface area contributed by atoms with Gasteiger partial charge in [0, 0.05) is 56.3 Å². The van der Waals surface area contributed by atoms with Crippen LogP contribution in [0.15, 0.2) is 48.8 Å². The van der Waals surface area contributed by atoms with Crippen molar-refractivity contribution < 1.29 is 18.7 Å². The summed E-state index contributed by atoms with van der Waals surface area (Å²) >= 11 is 0. The third-order valence-electron chi connectivity index (χ3n) is 9.09. The summed E-state index contributed by atoms with van der Waals surface area (Å²) in [6, 6.07) is 14.5. The number of likely N-dealkylation sites (tertiary alicyclic amines) is 1. The minimum absolute atomic E-state index is 0.0518. The largest absolute Gasteiger partial charge is 0.461 e. The Balaban J connectivity index is 1.34. The molecule has 0 bridgehead atoms. The lowest BCUT2D eigenvalue weighted by Crippen LogP contribution is -2.55. The summed E-state index contributed by atoms with van der Waals surface area (Å²) < 4.78 is 20.0. The average molecular weight is 598 g/mol. The van der Waals surface area contributed by atoms with E-state index in [1.165, 1.54) is 21.2 Å². The number of hydrogen-bond donors (Lipinski definition) is 0. The summed E-state index contributed by atoms with van der Waals surface area (Å²) in [5.41, 5.74) is 4.21. The Morgan fingerprint density at radius 1 is 1.11 bits per heavy atom. The number of rotatable bonds is 7. The Morgan fingerprint density at radius 2 is 1.91 bits per heavy atom. The molecule has 2 aromatic carbocycles. The Hall–Kier alpha value is -4.72. The van der Waals surface area contributed by atoms with Crippen LogP contribution in [-0.4, -0.2) is 83.5 Å². The fourth-order valence-electron chi connectivity index (χ4n) is 6.67. The molecule has 0 radical (unpaired) electrons. The van der Waals surface area contributed by atoms with Crippen molar-refractivity contribution in [2.45, 2.75) is 51.2 Å². The first-order valence-electron chi connectivity index (χ1n) is 15.0. The van der Waals surface area contributed by atoms with Crippen LogP contribution in [0.1, 0.15) is 36.1 Å². The predicted octanol–water partition coefficient (Wildman–Crippen LogP) is 3.91. The van der Waals surface area contributed by atoms with E-state index in [4.69, 9.17) is 14.7 Å². The molecule has 0 unspecified atom stereocenters.